The van der Waals surface area contributed by atoms with Crippen LogP contribution in [0.25, 0.3) is 0 Å². The molecule has 0 spiro atoms. The van der Waals surface area contributed by atoms with E-state index in [2.05, 4.69) is 31.1 Å². The largest absolute Gasteiger partial charge is 0.396 e. The van der Waals surface area contributed by atoms with Crippen LogP contribution in [0.4, 0.5) is 17.3 Å². The highest BCUT2D eigenvalue weighted by Gasteiger charge is 2.17. The van der Waals surface area contributed by atoms with Crippen LogP contribution in [0, 0.1) is 5.41 Å². The molecule has 4 nitrogen and oxygen atoms in total. The molecule has 0 aliphatic heterocycles. The summed E-state index contributed by atoms with van der Waals surface area (Å²) in [4.78, 5) is 4.21. The highest BCUT2D eigenvalue weighted by molar-refractivity contribution is 5.61. The fourth-order valence-electron chi connectivity index (χ4n) is 1.86. The van der Waals surface area contributed by atoms with Gasteiger partial charge in [-0.25, -0.2) is 4.98 Å². The number of rotatable bonds is 7. The van der Waals surface area contributed by atoms with Crippen LogP contribution in [0.5, 0.6) is 0 Å². The van der Waals surface area contributed by atoms with E-state index in [1.54, 1.807) is 6.07 Å². The second-order valence-corrected chi connectivity index (χ2v) is 5.65. The van der Waals surface area contributed by atoms with Gasteiger partial charge in [0.05, 0.1) is 5.69 Å². The van der Waals surface area contributed by atoms with E-state index in [9.17, 15) is 0 Å². The molecule has 18 heavy (non-hydrogen) atoms. The minimum Gasteiger partial charge on any atom is -0.396 e. The van der Waals surface area contributed by atoms with E-state index >= 15 is 0 Å². The fourth-order valence-corrected chi connectivity index (χ4v) is 1.86. The summed E-state index contributed by atoms with van der Waals surface area (Å²) in [5.74, 6) is 1.19. The average molecular weight is 250 g/mol. The Morgan fingerprint density at radius 3 is 2.56 bits per heavy atom. The Bertz CT molecular complexity index is 374. The summed E-state index contributed by atoms with van der Waals surface area (Å²) >= 11 is 0. The number of hydrogen-bond donors (Lipinski definition) is 3. The molecule has 0 aliphatic rings. The molecule has 0 amide bonds. The minimum atomic E-state index is 0.271. The Labute approximate surface area is 110 Å². The quantitative estimate of drug-likeness (QED) is 0.649. The number of aromatic nitrogens is 1. The maximum absolute atomic E-state index is 5.68. The van der Waals surface area contributed by atoms with Crippen molar-refractivity contribution in [2.75, 3.05) is 23.3 Å². The van der Waals surface area contributed by atoms with Crippen LogP contribution in [-0.2, 0) is 0 Å². The van der Waals surface area contributed by atoms with Crippen molar-refractivity contribution in [1.29, 1.82) is 0 Å². The van der Waals surface area contributed by atoms with Gasteiger partial charge in [0.15, 0.2) is 0 Å². The molecule has 0 unspecified atom stereocenters. The highest BCUT2D eigenvalue weighted by atomic mass is 15.0. The standard InChI is InChI=1S/C14H26N4/c1-4-5-6-9-14(2,3)10-17-12-8-7-11(15)13(16)18-12/h7-8H,4-6,9-10,15H2,1-3H3,(H3,16,17,18). The lowest BCUT2D eigenvalue weighted by Gasteiger charge is -2.25. The lowest BCUT2D eigenvalue weighted by molar-refractivity contribution is 0.342. The molecule has 5 N–H and O–H groups in total. The number of unbranched alkanes of at least 4 members (excludes halogenated alkanes) is 2. The molecular weight excluding hydrogens is 224 g/mol. The first-order valence-electron chi connectivity index (χ1n) is 6.70. The van der Waals surface area contributed by atoms with Crippen LogP contribution >= 0.6 is 0 Å². The van der Waals surface area contributed by atoms with Gasteiger partial charge in [0.25, 0.3) is 0 Å². The van der Waals surface area contributed by atoms with E-state index in [1.807, 2.05) is 6.07 Å². The maximum Gasteiger partial charge on any atom is 0.149 e. The Kier molecular flexibility index (Phi) is 5.25. The molecule has 1 aromatic heterocycles. The van der Waals surface area contributed by atoms with Gasteiger partial charge in [-0.15, -0.1) is 0 Å². The van der Waals surface area contributed by atoms with Gasteiger partial charge < -0.3 is 16.8 Å². The number of nitrogens with zero attached hydrogens (tertiary/aromatic N) is 1. The SMILES string of the molecule is CCCCCC(C)(C)CNc1ccc(N)c(N)n1. The molecule has 102 valence electrons. The fraction of sp³-hybridized carbons (Fsp3) is 0.643. The van der Waals surface area contributed by atoms with Gasteiger partial charge in [-0.3, -0.25) is 0 Å². The number of nitrogen functional groups attached to an aromatic ring is 2. The molecule has 0 radical (unpaired) electrons. The van der Waals surface area contributed by atoms with E-state index in [4.69, 9.17) is 11.5 Å². The Balaban J connectivity index is 2.45. The highest BCUT2D eigenvalue weighted by Crippen LogP contribution is 2.24. The van der Waals surface area contributed by atoms with Gasteiger partial charge in [-0.1, -0.05) is 40.0 Å². The van der Waals surface area contributed by atoms with Crippen molar-refractivity contribution in [1.82, 2.24) is 4.98 Å². The summed E-state index contributed by atoms with van der Waals surface area (Å²) in [6.45, 7) is 7.67. The average Bonchev–Trinajstić information content (AvgIpc) is 2.31. The van der Waals surface area contributed by atoms with Gasteiger partial charge >= 0.3 is 0 Å². The maximum atomic E-state index is 5.68. The van der Waals surface area contributed by atoms with Crippen LogP contribution in [0.2, 0.25) is 0 Å². The van der Waals surface area contributed by atoms with E-state index < -0.39 is 0 Å². The normalized spacial score (nSPS) is 11.5. The summed E-state index contributed by atoms with van der Waals surface area (Å²) in [7, 11) is 0. The van der Waals surface area contributed by atoms with Crippen molar-refractivity contribution in [3.8, 4) is 0 Å². The predicted molar refractivity (Wildman–Crippen MR) is 79.5 cm³/mol. The van der Waals surface area contributed by atoms with Crippen molar-refractivity contribution in [3.05, 3.63) is 12.1 Å². The molecule has 1 heterocycles. The van der Waals surface area contributed by atoms with Crippen molar-refractivity contribution >= 4 is 17.3 Å². The van der Waals surface area contributed by atoms with Crippen LogP contribution in [-0.4, -0.2) is 11.5 Å². The predicted octanol–water partition coefficient (Wildman–Crippen LogP) is 3.26. The number of hydrogen-bond acceptors (Lipinski definition) is 4. The monoisotopic (exact) mass is 250 g/mol. The summed E-state index contributed by atoms with van der Waals surface area (Å²) in [6.07, 6.45) is 5.07. The third-order valence-corrected chi connectivity index (χ3v) is 3.16. The number of nitrogens with one attached hydrogen (secondary N) is 1. The van der Waals surface area contributed by atoms with E-state index in [1.165, 1.54) is 25.7 Å². The molecule has 0 bridgehead atoms. The smallest absolute Gasteiger partial charge is 0.149 e. The third-order valence-electron chi connectivity index (χ3n) is 3.16. The molecule has 1 aromatic rings. The van der Waals surface area contributed by atoms with Crippen molar-refractivity contribution in [2.45, 2.75) is 46.5 Å². The van der Waals surface area contributed by atoms with Crippen LogP contribution < -0.4 is 16.8 Å². The summed E-state index contributed by atoms with van der Waals surface area (Å²) in [5.41, 5.74) is 12.1. The number of anilines is 3. The minimum absolute atomic E-state index is 0.271. The molecule has 0 aliphatic carbocycles. The van der Waals surface area contributed by atoms with Crippen molar-refractivity contribution in [3.63, 3.8) is 0 Å². The first-order valence-corrected chi connectivity index (χ1v) is 6.70. The van der Waals surface area contributed by atoms with E-state index in [0.29, 0.717) is 11.5 Å². The first-order chi connectivity index (χ1) is 8.44. The van der Waals surface area contributed by atoms with Gasteiger partial charge in [-0.05, 0) is 24.0 Å². The second-order valence-electron chi connectivity index (χ2n) is 5.65. The zero-order valence-corrected chi connectivity index (χ0v) is 11.8. The number of pyridine rings is 1. The van der Waals surface area contributed by atoms with Gasteiger partial charge in [0.2, 0.25) is 0 Å². The molecule has 0 saturated carbocycles. The molecular formula is C14H26N4. The summed E-state index contributed by atoms with van der Waals surface area (Å²) < 4.78 is 0. The zero-order chi connectivity index (χ0) is 13.6. The molecule has 0 saturated heterocycles. The first kappa shape index (κ1) is 14.6. The molecule has 1 rings (SSSR count). The van der Waals surface area contributed by atoms with E-state index in [-0.39, 0.29) is 5.41 Å². The lowest BCUT2D eigenvalue weighted by Crippen LogP contribution is -2.23. The molecule has 4 heteroatoms. The summed E-state index contributed by atoms with van der Waals surface area (Å²) in [6, 6.07) is 3.66. The Morgan fingerprint density at radius 1 is 1.22 bits per heavy atom. The van der Waals surface area contributed by atoms with Crippen LogP contribution in [0.3, 0.4) is 0 Å². The van der Waals surface area contributed by atoms with Gasteiger partial charge in [0, 0.05) is 6.54 Å². The molecule has 0 atom stereocenters. The lowest BCUT2D eigenvalue weighted by atomic mass is 9.87. The topological polar surface area (TPSA) is 77.0 Å². The third kappa shape index (κ3) is 4.82. The number of nitrogens with two attached hydrogens (primary N) is 2. The Morgan fingerprint density at radius 2 is 1.94 bits per heavy atom. The van der Waals surface area contributed by atoms with Crippen molar-refractivity contribution < 1.29 is 0 Å². The second kappa shape index (κ2) is 6.47. The van der Waals surface area contributed by atoms with Crippen LogP contribution in [0.15, 0.2) is 12.1 Å². The van der Waals surface area contributed by atoms with Crippen LogP contribution in [0.1, 0.15) is 46.5 Å². The van der Waals surface area contributed by atoms with Crippen molar-refractivity contribution in [2.24, 2.45) is 5.41 Å². The van der Waals surface area contributed by atoms with E-state index in [0.717, 1.165) is 12.4 Å². The summed E-state index contributed by atoms with van der Waals surface area (Å²) in [5, 5.41) is 3.33. The van der Waals surface area contributed by atoms with Gasteiger partial charge in [-0.2, -0.15) is 0 Å². The molecule has 0 fully saturated rings. The zero-order valence-electron chi connectivity index (χ0n) is 11.8. The van der Waals surface area contributed by atoms with Gasteiger partial charge in [0.1, 0.15) is 11.6 Å². The molecule has 0 aromatic carbocycles. The Hall–Kier alpha value is -1.45.